The summed E-state index contributed by atoms with van der Waals surface area (Å²) >= 11 is 0. The summed E-state index contributed by atoms with van der Waals surface area (Å²) in [7, 11) is 0. The Labute approximate surface area is 366 Å². The molecular weight excluding hydrogens is 785 g/mol. The van der Waals surface area contributed by atoms with Crippen molar-refractivity contribution in [3.05, 3.63) is 206 Å². The molecule has 64 heavy (non-hydrogen) atoms. The summed E-state index contributed by atoms with van der Waals surface area (Å²) in [5, 5.41) is 8.68. The second-order valence-corrected chi connectivity index (χ2v) is 16.0. The Morgan fingerprint density at radius 3 is 0.906 bits per heavy atom. The zero-order valence-electron chi connectivity index (χ0n) is 34.2. The van der Waals surface area contributed by atoms with Crippen LogP contribution in [0.5, 0.6) is 0 Å². The summed E-state index contributed by atoms with van der Waals surface area (Å²) in [6.45, 7) is 0. The highest BCUT2D eigenvalue weighted by molar-refractivity contribution is 6.25. The lowest BCUT2D eigenvalue weighted by Gasteiger charge is -2.12. The fourth-order valence-electron chi connectivity index (χ4n) is 9.26. The number of fused-ring (bicyclic) bond motifs is 10. The number of nitrogens with zero attached hydrogens (tertiary/aromatic N) is 8. The quantitative estimate of drug-likeness (QED) is 0.166. The van der Waals surface area contributed by atoms with Crippen molar-refractivity contribution < 1.29 is 0 Å². The van der Waals surface area contributed by atoms with E-state index in [1.54, 1.807) is 0 Å². The highest BCUT2D eigenvalue weighted by Gasteiger charge is 2.25. The normalized spacial score (nSPS) is 11.8. The molecule has 0 atom stereocenters. The molecule has 0 aliphatic carbocycles. The molecule has 0 spiro atoms. The molecule has 13 rings (SSSR count). The maximum absolute atomic E-state index is 5.30. The van der Waals surface area contributed by atoms with Crippen molar-refractivity contribution >= 4 is 65.2 Å². The van der Waals surface area contributed by atoms with Gasteiger partial charge in [0.25, 0.3) is 0 Å². The van der Waals surface area contributed by atoms with E-state index in [4.69, 9.17) is 29.9 Å². The van der Waals surface area contributed by atoms with Crippen LogP contribution in [0.2, 0.25) is 0 Å². The number of benzene rings is 9. The molecule has 0 N–H and O–H groups in total. The van der Waals surface area contributed by atoms with E-state index in [1.165, 1.54) is 0 Å². The molecule has 9 aromatic carbocycles. The Kier molecular flexibility index (Phi) is 8.04. The van der Waals surface area contributed by atoms with Gasteiger partial charge < -0.3 is 0 Å². The van der Waals surface area contributed by atoms with Crippen LogP contribution in [-0.4, -0.2) is 39.0 Å². The lowest BCUT2D eigenvalue weighted by molar-refractivity contribution is 0.953. The average molecular weight is 819 g/mol. The predicted octanol–water partition coefficient (Wildman–Crippen LogP) is 13.2. The standard InChI is InChI=1S/C56H34N8/c1-5-19-37(20-6-1)51-57-52(38-21-7-2-8-22-38)60-55(59-51)63-47-33-46-44-32-30-36-18-14-16-28-42(36)50(44)64(48(46)34-45(47)43-31-29-35-17-13-15-27-41(35)49(43)63)56-61-53(39-23-9-3-10-24-39)58-54(62-56)40-25-11-4-12-26-40/h1-34H. The van der Waals surface area contributed by atoms with E-state index in [9.17, 15) is 0 Å². The van der Waals surface area contributed by atoms with Gasteiger partial charge in [-0.1, -0.05) is 194 Å². The molecule has 8 heteroatoms. The first kappa shape index (κ1) is 35.8. The zero-order valence-corrected chi connectivity index (χ0v) is 34.2. The number of rotatable bonds is 6. The second-order valence-electron chi connectivity index (χ2n) is 16.0. The maximum Gasteiger partial charge on any atom is 0.238 e. The van der Waals surface area contributed by atoms with Crippen molar-refractivity contribution in [1.82, 2.24) is 39.0 Å². The molecule has 0 radical (unpaired) electrons. The fraction of sp³-hybridized carbons (Fsp3) is 0. The molecule has 4 aromatic heterocycles. The lowest BCUT2D eigenvalue weighted by Crippen LogP contribution is -2.07. The Morgan fingerprint density at radius 1 is 0.250 bits per heavy atom. The van der Waals surface area contributed by atoms with Gasteiger partial charge in [0, 0.05) is 54.6 Å². The SMILES string of the molecule is c1ccc(-c2nc(-c3ccccc3)nc(-n3c4cc5c6ccc7ccccc7c6n(-c6nc(-c7ccccc7)nc(-c7ccccc7)n6)c5cc4c4ccc5ccccc5c43)n2)cc1. The van der Waals surface area contributed by atoms with Gasteiger partial charge in [-0.15, -0.1) is 0 Å². The molecule has 0 saturated heterocycles. The smallest absolute Gasteiger partial charge is 0.238 e. The fourth-order valence-corrected chi connectivity index (χ4v) is 9.26. The Balaban J connectivity index is 1.18. The van der Waals surface area contributed by atoms with Crippen molar-refractivity contribution in [2.45, 2.75) is 0 Å². The van der Waals surface area contributed by atoms with E-state index in [2.05, 4.69) is 94.1 Å². The molecule has 0 amide bonds. The van der Waals surface area contributed by atoms with Gasteiger partial charge in [-0.25, -0.2) is 9.97 Å². The molecule has 0 fully saturated rings. The highest BCUT2D eigenvalue weighted by atomic mass is 15.2. The van der Waals surface area contributed by atoms with Crippen LogP contribution >= 0.6 is 0 Å². The van der Waals surface area contributed by atoms with Crippen LogP contribution in [0.25, 0.3) is 123 Å². The molecular formula is C56H34N8. The van der Waals surface area contributed by atoms with Gasteiger partial charge in [0.15, 0.2) is 23.3 Å². The van der Waals surface area contributed by atoms with Gasteiger partial charge in [-0.3, -0.25) is 9.13 Å². The summed E-state index contributed by atoms with van der Waals surface area (Å²) in [5.41, 5.74) is 7.62. The monoisotopic (exact) mass is 818 g/mol. The minimum atomic E-state index is 0.537. The first-order chi connectivity index (χ1) is 31.7. The van der Waals surface area contributed by atoms with E-state index in [0.717, 1.165) is 87.4 Å². The van der Waals surface area contributed by atoms with E-state index in [-0.39, 0.29) is 0 Å². The molecule has 8 nitrogen and oxygen atoms in total. The Bertz CT molecular complexity index is 3560. The maximum atomic E-state index is 5.30. The van der Waals surface area contributed by atoms with Crippen molar-refractivity contribution in [2.24, 2.45) is 0 Å². The van der Waals surface area contributed by atoms with Crippen LogP contribution in [0.4, 0.5) is 0 Å². The largest absolute Gasteiger partial charge is 0.277 e. The average Bonchev–Trinajstić information content (AvgIpc) is 3.89. The third-order valence-electron chi connectivity index (χ3n) is 12.2. The van der Waals surface area contributed by atoms with Gasteiger partial charge in [0.05, 0.1) is 22.1 Å². The van der Waals surface area contributed by atoms with E-state index in [1.807, 2.05) is 121 Å². The van der Waals surface area contributed by atoms with Gasteiger partial charge in [-0.2, -0.15) is 19.9 Å². The van der Waals surface area contributed by atoms with E-state index < -0.39 is 0 Å². The number of hydrogen-bond acceptors (Lipinski definition) is 6. The van der Waals surface area contributed by atoms with Crippen LogP contribution in [0, 0.1) is 0 Å². The number of aromatic nitrogens is 8. The predicted molar refractivity (Wildman–Crippen MR) is 259 cm³/mol. The zero-order chi connectivity index (χ0) is 42.1. The minimum Gasteiger partial charge on any atom is -0.277 e. The third-order valence-corrected chi connectivity index (χ3v) is 12.2. The summed E-state index contributed by atoms with van der Waals surface area (Å²) in [6, 6.07) is 71.1. The lowest BCUT2D eigenvalue weighted by atomic mass is 10.0. The van der Waals surface area contributed by atoms with E-state index >= 15 is 0 Å². The van der Waals surface area contributed by atoms with Crippen molar-refractivity contribution in [3.63, 3.8) is 0 Å². The van der Waals surface area contributed by atoms with Crippen LogP contribution < -0.4 is 0 Å². The van der Waals surface area contributed by atoms with Crippen molar-refractivity contribution in [1.29, 1.82) is 0 Å². The van der Waals surface area contributed by atoms with Gasteiger partial charge in [0.2, 0.25) is 11.9 Å². The molecule has 0 unspecified atom stereocenters. The van der Waals surface area contributed by atoms with Gasteiger partial charge in [0.1, 0.15) is 0 Å². The highest BCUT2D eigenvalue weighted by Crippen LogP contribution is 2.43. The Morgan fingerprint density at radius 2 is 0.562 bits per heavy atom. The second kappa shape index (κ2) is 14.4. The van der Waals surface area contributed by atoms with Gasteiger partial charge in [-0.05, 0) is 22.9 Å². The van der Waals surface area contributed by atoms with E-state index in [0.29, 0.717) is 35.2 Å². The minimum absolute atomic E-state index is 0.537. The third kappa shape index (κ3) is 5.70. The van der Waals surface area contributed by atoms with Crippen LogP contribution in [0.1, 0.15) is 0 Å². The number of hydrogen-bond donors (Lipinski definition) is 0. The summed E-state index contributed by atoms with van der Waals surface area (Å²) in [6.07, 6.45) is 0. The molecule has 0 aliphatic rings. The first-order valence-corrected chi connectivity index (χ1v) is 21.3. The molecule has 0 bridgehead atoms. The molecule has 0 aliphatic heterocycles. The summed E-state index contributed by atoms with van der Waals surface area (Å²) in [5.74, 6) is 3.47. The summed E-state index contributed by atoms with van der Waals surface area (Å²) in [4.78, 5) is 31.3. The first-order valence-electron chi connectivity index (χ1n) is 21.3. The van der Waals surface area contributed by atoms with Crippen molar-refractivity contribution in [2.75, 3.05) is 0 Å². The Hall–Kier alpha value is -8.88. The molecule has 13 aromatic rings. The molecule has 4 heterocycles. The summed E-state index contributed by atoms with van der Waals surface area (Å²) < 4.78 is 4.47. The molecule has 0 saturated carbocycles. The molecule has 298 valence electrons. The van der Waals surface area contributed by atoms with Gasteiger partial charge >= 0.3 is 0 Å². The van der Waals surface area contributed by atoms with Crippen LogP contribution in [0.15, 0.2) is 206 Å². The topological polar surface area (TPSA) is 87.2 Å². The van der Waals surface area contributed by atoms with Crippen LogP contribution in [0.3, 0.4) is 0 Å². The van der Waals surface area contributed by atoms with Crippen molar-refractivity contribution in [3.8, 4) is 57.4 Å². The van der Waals surface area contributed by atoms with Crippen LogP contribution in [-0.2, 0) is 0 Å².